The highest BCUT2D eigenvalue weighted by Crippen LogP contribution is 2.28. The van der Waals surface area contributed by atoms with Crippen LogP contribution in [0.5, 0.6) is 0 Å². The lowest BCUT2D eigenvalue weighted by molar-refractivity contribution is 0.214. The third-order valence-electron chi connectivity index (χ3n) is 3.02. The Kier molecular flexibility index (Phi) is 3.43. The minimum absolute atomic E-state index is 0.511. The van der Waals surface area contributed by atoms with E-state index in [1.165, 1.54) is 0 Å². The smallest absolute Gasteiger partial charge is 0.209 e. The summed E-state index contributed by atoms with van der Waals surface area (Å²) in [6, 6.07) is 3.44. The molecule has 6 heteroatoms. The molecule has 1 aromatic heterocycles. The third kappa shape index (κ3) is 2.47. The van der Waals surface area contributed by atoms with E-state index in [1.807, 2.05) is 0 Å². The van der Waals surface area contributed by atoms with Crippen molar-refractivity contribution in [1.82, 2.24) is 15.2 Å². The van der Waals surface area contributed by atoms with Gasteiger partial charge in [0, 0.05) is 31.2 Å². The van der Waals surface area contributed by atoms with Crippen LogP contribution in [-0.4, -0.2) is 36.1 Å². The number of piperazine rings is 1. The molecular formula is C12H13Cl2N3O. The van der Waals surface area contributed by atoms with E-state index < -0.39 is 0 Å². The summed E-state index contributed by atoms with van der Waals surface area (Å²) in [5, 5.41) is 4.40. The Morgan fingerprint density at radius 2 is 2.06 bits per heavy atom. The summed E-state index contributed by atoms with van der Waals surface area (Å²) < 4.78 is 5.69. The predicted octanol–water partition coefficient (Wildman–Crippen LogP) is 2.54. The van der Waals surface area contributed by atoms with Gasteiger partial charge in [-0.1, -0.05) is 23.2 Å². The van der Waals surface area contributed by atoms with Crippen molar-refractivity contribution < 1.29 is 4.42 Å². The zero-order valence-corrected chi connectivity index (χ0v) is 11.3. The van der Waals surface area contributed by atoms with Crippen molar-refractivity contribution in [3.8, 4) is 0 Å². The molecule has 18 heavy (non-hydrogen) atoms. The van der Waals surface area contributed by atoms with Gasteiger partial charge in [0.15, 0.2) is 5.58 Å². The van der Waals surface area contributed by atoms with Crippen LogP contribution >= 0.6 is 23.2 Å². The fourth-order valence-corrected chi connectivity index (χ4v) is 2.66. The molecule has 0 spiro atoms. The van der Waals surface area contributed by atoms with Gasteiger partial charge in [0.1, 0.15) is 5.52 Å². The van der Waals surface area contributed by atoms with E-state index in [9.17, 15) is 0 Å². The van der Waals surface area contributed by atoms with Crippen molar-refractivity contribution in [3.05, 3.63) is 28.1 Å². The fraction of sp³-hybridized carbons (Fsp3) is 0.417. The molecule has 1 aliphatic rings. The molecular weight excluding hydrogens is 273 g/mol. The number of benzene rings is 1. The lowest BCUT2D eigenvalue weighted by Gasteiger charge is -2.25. The Hall–Kier alpha value is -0.810. The van der Waals surface area contributed by atoms with Crippen LogP contribution in [0.15, 0.2) is 16.5 Å². The van der Waals surface area contributed by atoms with Crippen LogP contribution < -0.4 is 5.32 Å². The normalized spacial score (nSPS) is 17.4. The molecule has 2 aromatic rings. The van der Waals surface area contributed by atoms with Gasteiger partial charge in [-0.25, -0.2) is 4.98 Å². The molecule has 0 radical (unpaired) electrons. The maximum absolute atomic E-state index is 6.08. The largest absolute Gasteiger partial charge is 0.438 e. The first kappa shape index (κ1) is 12.2. The Balaban J connectivity index is 1.86. The number of hydrogen-bond acceptors (Lipinski definition) is 4. The average molecular weight is 286 g/mol. The van der Waals surface area contributed by atoms with Crippen LogP contribution in [0.2, 0.25) is 10.0 Å². The highest BCUT2D eigenvalue weighted by atomic mass is 35.5. The summed E-state index contributed by atoms with van der Waals surface area (Å²) in [5.74, 6) is 0.691. The monoisotopic (exact) mass is 285 g/mol. The summed E-state index contributed by atoms with van der Waals surface area (Å²) in [5.41, 5.74) is 1.34. The zero-order chi connectivity index (χ0) is 12.5. The fourth-order valence-electron chi connectivity index (χ4n) is 2.13. The second-order valence-corrected chi connectivity index (χ2v) is 5.21. The Morgan fingerprint density at radius 3 is 2.83 bits per heavy atom. The maximum Gasteiger partial charge on any atom is 0.209 e. The molecule has 1 N–H and O–H groups in total. The van der Waals surface area contributed by atoms with E-state index in [-0.39, 0.29) is 0 Å². The SMILES string of the molecule is Clc1cc(Cl)c2oc(CN3CCNCC3)nc2c1. The molecule has 4 nitrogen and oxygen atoms in total. The molecule has 0 bridgehead atoms. The zero-order valence-electron chi connectivity index (χ0n) is 9.75. The quantitative estimate of drug-likeness (QED) is 0.921. The minimum atomic E-state index is 0.511. The lowest BCUT2D eigenvalue weighted by atomic mass is 10.3. The molecule has 0 aliphatic carbocycles. The molecule has 96 valence electrons. The summed E-state index contributed by atoms with van der Waals surface area (Å²) in [6.07, 6.45) is 0. The van der Waals surface area contributed by atoms with Crippen LogP contribution in [0.25, 0.3) is 11.1 Å². The van der Waals surface area contributed by atoms with E-state index in [0.29, 0.717) is 28.1 Å². The van der Waals surface area contributed by atoms with E-state index in [1.54, 1.807) is 12.1 Å². The van der Waals surface area contributed by atoms with Gasteiger partial charge >= 0.3 is 0 Å². The molecule has 0 unspecified atom stereocenters. The number of halogens is 2. The molecule has 0 amide bonds. The van der Waals surface area contributed by atoms with Crippen molar-refractivity contribution in [1.29, 1.82) is 0 Å². The van der Waals surface area contributed by atoms with E-state index in [4.69, 9.17) is 27.6 Å². The van der Waals surface area contributed by atoms with Crippen molar-refractivity contribution >= 4 is 34.3 Å². The molecule has 0 saturated carbocycles. The maximum atomic E-state index is 6.08. The van der Waals surface area contributed by atoms with Gasteiger partial charge in [0.25, 0.3) is 0 Å². The van der Waals surface area contributed by atoms with Crippen LogP contribution in [0, 0.1) is 0 Å². The van der Waals surface area contributed by atoms with Gasteiger partial charge in [-0.05, 0) is 12.1 Å². The highest BCUT2D eigenvalue weighted by molar-refractivity contribution is 6.37. The second kappa shape index (κ2) is 5.05. The molecule has 0 atom stereocenters. The topological polar surface area (TPSA) is 41.3 Å². The first-order valence-corrected chi connectivity index (χ1v) is 6.65. The van der Waals surface area contributed by atoms with Crippen molar-refractivity contribution in [2.24, 2.45) is 0 Å². The molecule has 1 aliphatic heterocycles. The number of hydrogen-bond donors (Lipinski definition) is 1. The minimum Gasteiger partial charge on any atom is -0.438 e. The summed E-state index contributed by atoms with van der Waals surface area (Å²) in [7, 11) is 0. The van der Waals surface area contributed by atoms with Crippen LogP contribution in [-0.2, 0) is 6.54 Å². The average Bonchev–Trinajstić information content (AvgIpc) is 2.73. The second-order valence-electron chi connectivity index (χ2n) is 4.37. The van der Waals surface area contributed by atoms with Gasteiger partial charge < -0.3 is 9.73 Å². The van der Waals surface area contributed by atoms with Crippen molar-refractivity contribution in [3.63, 3.8) is 0 Å². The molecule has 1 fully saturated rings. The summed E-state index contributed by atoms with van der Waals surface area (Å²) >= 11 is 12.0. The van der Waals surface area contributed by atoms with Crippen LogP contribution in [0.4, 0.5) is 0 Å². The van der Waals surface area contributed by atoms with Gasteiger partial charge in [0.05, 0.1) is 11.6 Å². The van der Waals surface area contributed by atoms with Gasteiger partial charge in [0.2, 0.25) is 5.89 Å². The first-order valence-electron chi connectivity index (χ1n) is 5.90. The number of oxazole rings is 1. The molecule has 2 heterocycles. The Bertz CT molecular complexity index is 564. The van der Waals surface area contributed by atoms with Gasteiger partial charge in [-0.2, -0.15) is 0 Å². The van der Waals surface area contributed by atoms with Crippen LogP contribution in [0.1, 0.15) is 5.89 Å². The number of aromatic nitrogens is 1. The number of nitrogens with zero attached hydrogens (tertiary/aromatic N) is 2. The van der Waals surface area contributed by atoms with E-state index >= 15 is 0 Å². The van der Waals surface area contributed by atoms with Crippen LogP contribution in [0.3, 0.4) is 0 Å². The van der Waals surface area contributed by atoms with Gasteiger partial charge in [-0.3, -0.25) is 4.90 Å². The Labute approximate surface area is 115 Å². The lowest BCUT2D eigenvalue weighted by Crippen LogP contribution is -2.42. The van der Waals surface area contributed by atoms with E-state index in [0.717, 1.165) is 31.7 Å². The van der Waals surface area contributed by atoms with Crippen molar-refractivity contribution in [2.75, 3.05) is 26.2 Å². The third-order valence-corrected chi connectivity index (χ3v) is 3.52. The summed E-state index contributed by atoms with van der Waals surface area (Å²) in [4.78, 5) is 6.73. The number of rotatable bonds is 2. The first-order chi connectivity index (χ1) is 8.72. The summed E-state index contributed by atoms with van der Waals surface area (Å²) in [6.45, 7) is 4.74. The van der Waals surface area contributed by atoms with E-state index in [2.05, 4.69) is 15.2 Å². The highest BCUT2D eigenvalue weighted by Gasteiger charge is 2.15. The predicted molar refractivity (Wildman–Crippen MR) is 72.2 cm³/mol. The number of nitrogens with one attached hydrogen (secondary N) is 1. The molecule has 1 saturated heterocycles. The standard InChI is InChI=1S/C12H13Cl2N3O/c13-8-5-9(14)12-10(6-8)16-11(18-12)7-17-3-1-15-2-4-17/h5-6,15H,1-4,7H2. The van der Waals surface area contributed by atoms with Crippen molar-refractivity contribution in [2.45, 2.75) is 6.54 Å². The number of fused-ring (bicyclic) bond motifs is 1. The van der Waals surface area contributed by atoms with Gasteiger partial charge in [-0.15, -0.1) is 0 Å². The molecule has 3 rings (SSSR count). The Morgan fingerprint density at radius 1 is 1.28 bits per heavy atom. The molecule has 1 aromatic carbocycles.